The van der Waals surface area contributed by atoms with Gasteiger partial charge < -0.3 is 9.88 Å². The van der Waals surface area contributed by atoms with Gasteiger partial charge in [-0.25, -0.2) is 4.98 Å². The molecule has 4 heteroatoms. The predicted molar refractivity (Wildman–Crippen MR) is 50.4 cm³/mol. The highest BCUT2D eigenvalue weighted by molar-refractivity contribution is 5.81. The van der Waals surface area contributed by atoms with E-state index >= 15 is 0 Å². The maximum absolute atomic E-state index is 11.1. The Bertz CT molecular complexity index is 293. The zero-order valence-corrected chi connectivity index (χ0v) is 8.24. The van der Waals surface area contributed by atoms with Crippen LogP contribution in [-0.4, -0.2) is 28.4 Å². The Morgan fingerprint density at radius 1 is 1.77 bits per heavy atom. The molecule has 0 fully saturated rings. The first-order valence-corrected chi connectivity index (χ1v) is 4.28. The van der Waals surface area contributed by atoms with Crippen molar-refractivity contribution in [1.29, 1.82) is 0 Å². The average molecular weight is 181 g/mol. The van der Waals surface area contributed by atoms with E-state index in [0.29, 0.717) is 6.42 Å². The topological polar surface area (TPSA) is 46.9 Å². The fourth-order valence-corrected chi connectivity index (χ4v) is 1.23. The molecule has 0 saturated carbocycles. The van der Waals surface area contributed by atoms with Gasteiger partial charge in [0.05, 0.1) is 18.1 Å². The number of rotatable bonds is 4. The summed E-state index contributed by atoms with van der Waals surface area (Å²) in [4.78, 5) is 15.2. The second kappa shape index (κ2) is 4.18. The minimum Gasteiger partial charge on any atom is -0.340 e. The van der Waals surface area contributed by atoms with Crippen molar-refractivity contribution in [2.24, 2.45) is 7.05 Å². The zero-order valence-electron chi connectivity index (χ0n) is 8.24. The van der Waals surface area contributed by atoms with Crippen LogP contribution in [0.25, 0.3) is 0 Å². The van der Waals surface area contributed by atoms with Crippen LogP contribution in [0.5, 0.6) is 0 Å². The lowest BCUT2D eigenvalue weighted by molar-refractivity contribution is -0.118. The van der Waals surface area contributed by atoms with E-state index in [1.165, 1.54) is 0 Å². The number of imidazole rings is 1. The van der Waals surface area contributed by atoms with E-state index < -0.39 is 0 Å². The van der Waals surface area contributed by atoms with E-state index in [2.05, 4.69) is 10.3 Å². The normalized spacial score (nSPS) is 12.8. The lowest BCUT2D eigenvalue weighted by Gasteiger charge is -2.09. The number of ketones is 1. The maximum atomic E-state index is 11.1. The second-order valence-corrected chi connectivity index (χ2v) is 3.19. The smallest absolute Gasteiger partial charge is 0.147 e. The van der Waals surface area contributed by atoms with E-state index in [9.17, 15) is 4.79 Å². The molecule has 0 aliphatic rings. The van der Waals surface area contributed by atoms with Crippen LogP contribution in [0.3, 0.4) is 0 Å². The van der Waals surface area contributed by atoms with Crippen LogP contribution in [-0.2, 0) is 18.3 Å². The van der Waals surface area contributed by atoms with Crippen molar-refractivity contribution in [2.75, 3.05) is 7.05 Å². The van der Waals surface area contributed by atoms with Gasteiger partial charge in [-0.2, -0.15) is 0 Å². The molecule has 1 atom stereocenters. The van der Waals surface area contributed by atoms with Crippen LogP contribution in [0.4, 0.5) is 0 Å². The molecule has 0 aliphatic heterocycles. The Morgan fingerprint density at radius 3 is 2.85 bits per heavy atom. The Hall–Kier alpha value is -1.16. The number of hydrogen-bond donors (Lipinski definition) is 1. The Labute approximate surface area is 78.0 Å². The number of nitrogens with one attached hydrogen (secondary N) is 1. The van der Waals surface area contributed by atoms with Crippen molar-refractivity contribution < 1.29 is 4.79 Å². The fourth-order valence-electron chi connectivity index (χ4n) is 1.23. The van der Waals surface area contributed by atoms with Crippen LogP contribution >= 0.6 is 0 Å². The molecule has 0 radical (unpaired) electrons. The SMILES string of the molecule is CNC(Cc1cn(C)cn1)C(C)=O. The van der Waals surface area contributed by atoms with Gasteiger partial charge in [-0.3, -0.25) is 4.79 Å². The van der Waals surface area contributed by atoms with Gasteiger partial charge in [0.2, 0.25) is 0 Å². The average Bonchev–Trinajstić information content (AvgIpc) is 2.46. The number of aromatic nitrogens is 2. The van der Waals surface area contributed by atoms with Crippen LogP contribution in [0.2, 0.25) is 0 Å². The van der Waals surface area contributed by atoms with Crippen LogP contribution in [0.15, 0.2) is 12.5 Å². The summed E-state index contributed by atoms with van der Waals surface area (Å²) in [6, 6.07) is -0.116. The van der Waals surface area contributed by atoms with Crippen molar-refractivity contribution in [1.82, 2.24) is 14.9 Å². The van der Waals surface area contributed by atoms with Crippen molar-refractivity contribution in [3.8, 4) is 0 Å². The Morgan fingerprint density at radius 2 is 2.46 bits per heavy atom. The van der Waals surface area contributed by atoms with Gasteiger partial charge in [0, 0.05) is 19.7 Å². The molecule has 1 rings (SSSR count). The molecule has 0 saturated heterocycles. The van der Waals surface area contributed by atoms with Gasteiger partial charge >= 0.3 is 0 Å². The van der Waals surface area contributed by atoms with Gasteiger partial charge in [0.25, 0.3) is 0 Å². The van der Waals surface area contributed by atoms with Crippen molar-refractivity contribution in [3.05, 3.63) is 18.2 Å². The third kappa shape index (κ3) is 2.66. The summed E-state index contributed by atoms with van der Waals surface area (Å²) in [5.41, 5.74) is 0.942. The first kappa shape index (κ1) is 9.92. The first-order valence-electron chi connectivity index (χ1n) is 4.28. The van der Waals surface area contributed by atoms with E-state index in [-0.39, 0.29) is 11.8 Å². The number of aryl methyl sites for hydroxylation is 1. The van der Waals surface area contributed by atoms with E-state index in [0.717, 1.165) is 5.69 Å². The number of hydrogen-bond acceptors (Lipinski definition) is 3. The number of nitrogens with zero attached hydrogens (tertiary/aromatic N) is 2. The Balaban J connectivity index is 2.61. The first-order chi connectivity index (χ1) is 6.13. The van der Waals surface area contributed by atoms with E-state index in [1.54, 1.807) is 20.3 Å². The second-order valence-electron chi connectivity index (χ2n) is 3.19. The number of carbonyl (C=O) groups excluding carboxylic acids is 1. The minimum absolute atomic E-state index is 0.116. The molecule has 0 spiro atoms. The van der Waals surface area contributed by atoms with Crippen molar-refractivity contribution >= 4 is 5.78 Å². The summed E-state index contributed by atoms with van der Waals surface area (Å²) in [6.07, 6.45) is 4.32. The molecule has 1 unspecified atom stereocenters. The zero-order chi connectivity index (χ0) is 9.84. The molecule has 1 heterocycles. The van der Waals surface area contributed by atoms with Crippen LogP contribution < -0.4 is 5.32 Å². The van der Waals surface area contributed by atoms with Gasteiger partial charge in [0.1, 0.15) is 5.78 Å². The van der Waals surface area contributed by atoms with Gasteiger partial charge in [-0.15, -0.1) is 0 Å². The van der Waals surface area contributed by atoms with E-state index in [1.807, 2.05) is 17.8 Å². The van der Waals surface area contributed by atoms with E-state index in [4.69, 9.17) is 0 Å². The highest BCUT2D eigenvalue weighted by atomic mass is 16.1. The largest absolute Gasteiger partial charge is 0.340 e. The van der Waals surface area contributed by atoms with Gasteiger partial charge in [-0.1, -0.05) is 0 Å². The number of carbonyl (C=O) groups is 1. The maximum Gasteiger partial charge on any atom is 0.147 e. The van der Waals surface area contributed by atoms with Crippen molar-refractivity contribution in [3.63, 3.8) is 0 Å². The molecule has 0 bridgehead atoms. The molecule has 72 valence electrons. The lowest BCUT2D eigenvalue weighted by atomic mass is 10.1. The number of Topliss-reactive ketones (excluding diaryl/α,β-unsaturated/α-hetero) is 1. The molecule has 13 heavy (non-hydrogen) atoms. The number of likely N-dealkylation sites (N-methyl/N-ethyl adjacent to an activating group) is 1. The quantitative estimate of drug-likeness (QED) is 0.718. The summed E-state index contributed by atoms with van der Waals surface area (Å²) in [5.74, 6) is 0.146. The third-order valence-corrected chi connectivity index (χ3v) is 2.01. The molecule has 0 aromatic carbocycles. The highest BCUT2D eigenvalue weighted by Crippen LogP contribution is 2.00. The standard InChI is InChI=1S/C9H15N3O/c1-7(13)9(10-2)4-8-5-12(3)6-11-8/h5-6,9-10H,4H2,1-3H3. The summed E-state index contributed by atoms with van der Waals surface area (Å²) in [7, 11) is 3.70. The highest BCUT2D eigenvalue weighted by Gasteiger charge is 2.13. The van der Waals surface area contributed by atoms with Crippen LogP contribution in [0.1, 0.15) is 12.6 Å². The summed E-state index contributed by atoms with van der Waals surface area (Å²) in [6.45, 7) is 1.59. The molecule has 0 aliphatic carbocycles. The van der Waals surface area contributed by atoms with Crippen LogP contribution in [0, 0.1) is 0 Å². The molecule has 1 aromatic heterocycles. The summed E-state index contributed by atoms with van der Waals surface area (Å²) >= 11 is 0. The molecular weight excluding hydrogens is 166 g/mol. The molecule has 1 N–H and O–H groups in total. The molecule has 4 nitrogen and oxygen atoms in total. The molecule has 1 aromatic rings. The molecule has 0 amide bonds. The summed E-state index contributed by atoms with van der Waals surface area (Å²) < 4.78 is 1.88. The Kier molecular flexibility index (Phi) is 3.19. The lowest BCUT2D eigenvalue weighted by Crippen LogP contribution is -2.34. The third-order valence-electron chi connectivity index (χ3n) is 2.01. The van der Waals surface area contributed by atoms with Gasteiger partial charge in [0.15, 0.2) is 0 Å². The molecular formula is C9H15N3O. The fraction of sp³-hybridized carbons (Fsp3) is 0.556. The van der Waals surface area contributed by atoms with Gasteiger partial charge in [-0.05, 0) is 14.0 Å². The predicted octanol–water partition coefficient (Wildman–Crippen LogP) is 0.140. The van der Waals surface area contributed by atoms with Crippen molar-refractivity contribution in [2.45, 2.75) is 19.4 Å². The monoisotopic (exact) mass is 181 g/mol. The summed E-state index contributed by atoms with van der Waals surface area (Å²) in [5, 5.41) is 2.96. The minimum atomic E-state index is -0.116.